The molecule has 5 nitrogen and oxygen atoms in total. The van der Waals surface area contributed by atoms with Crippen LogP contribution in [-0.4, -0.2) is 52.3 Å². The number of aryl methyl sites for hydroxylation is 1. The van der Waals surface area contributed by atoms with Crippen molar-refractivity contribution in [3.05, 3.63) is 30.1 Å². The molecule has 0 radical (unpaired) electrons. The molecule has 0 unspecified atom stereocenters. The first kappa shape index (κ1) is 15.4. The number of carbonyl (C=O) groups excluding carboxylic acids is 1. The minimum absolute atomic E-state index is 0.0163. The predicted molar refractivity (Wildman–Crippen MR) is 82.3 cm³/mol. The van der Waals surface area contributed by atoms with Crippen LogP contribution in [0.15, 0.2) is 24.5 Å². The van der Waals surface area contributed by atoms with Crippen molar-refractivity contribution in [3.8, 4) is 0 Å². The Morgan fingerprint density at radius 3 is 3.14 bits per heavy atom. The third-order valence-corrected chi connectivity index (χ3v) is 5.23. The van der Waals surface area contributed by atoms with Gasteiger partial charge in [0.05, 0.1) is 17.7 Å². The second-order valence-electron chi connectivity index (χ2n) is 6.41. The van der Waals surface area contributed by atoms with E-state index in [4.69, 9.17) is 4.74 Å². The average molecular weight is 304 g/mol. The lowest BCUT2D eigenvalue weighted by Crippen LogP contribution is -2.52. The van der Waals surface area contributed by atoms with E-state index in [1.54, 1.807) is 19.5 Å². The predicted octanol–water partition coefficient (Wildman–Crippen LogP) is 1.55. The third kappa shape index (κ3) is 2.88. The summed E-state index contributed by atoms with van der Waals surface area (Å²) in [4.78, 5) is 18.6. The summed E-state index contributed by atoms with van der Waals surface area (Å²) in [5.41, 5.74) is 0.833. The number of nitrogens with zero attached hydrogens (tertiary/aromatic N) is 2. The Hall–Kier alpha value is -1.46. The van der Waals surface area contributed by atoms with E-state index in [0.717, 1.165) is 31.4 Å². The minimum Gasteiger partial charge on any atom is -0.393 e. The third-order valence-electron chi connectivity index (χ3n) is 5.23. The molecule has 1 aliphatic heterocycles. The maximum absolute atomic E-state index is 12.6. The fraction of sp³-hybridized carbons (Fsp3) is 0.647. The monoisotopic (exact) mass is 304 g/mol. The Morgan fingerprint density at radius 2 is 2.41 bits per heavy atom. The van der Waals surface area contributed by atoms with Crippen LogP contribution < -0.4 is 0 Å². The van der Waals surface area contributed by atoms with Crippen molar-refractivity contribution in [3.63, 3.8) is 0 Å². The van der Waals surface area contributed by atoms with E-state index in [-0.39, 0.29) is 23.7 Å². The molecule has 3 atom stereocenters. The van der Waals surface area contributed by atoms with Crippen molar-refractivity contribution < 1.29 is 14.6 Å². The smallest absolute Gasteiger partial charge is 0.223 e. The number of amides is 1. The van der Waals surface area contributed by atoms with Gasteiger partial charge in [-0.15, -0.1) is 0 Å². The van der Waals surface area contributed by atoms with Crippen LogP contribution in [0.2, 0.25) is 0 Å². The van der Waals surface area contributed by atoms with Gasteiger partial charge in [0, 0.05) is 32.5 Å². The van der Waals surface area contributed by atoms with E-state index in [1.807, 2.05) is 17.0 Å². The van der Waals surface area contributed by atoms with Gasteiger partial charge in [-0.2, -0.15) is 0 Å². The van der Waals surface area contributed by atoms with Crippen LogP contribution in [0.4, 0.5) is 0 Å². The number of ether oxygens (including phenoxy) is 1. The van der Waals surface area contributed by atoms with Gasteiger partial charge in [0.2, 0.25) is 5.91 Å². The van der Waals surface area contributed by atoms with Crippen molar-refractivity contribution in [1.82, 2.24) is 9.88 Å². The van der Waals surface area contributed by atoms with Gasteiger partial charge in [0.1, 0.15) is 0 Å². The molecule has 1 saturated carbocycles. The van der Waals surface area contributed by atoms with E-state index in [9.17, 15) is 9.90 Å². The number of aromatic nitrogens is 1. The summed E-state index contributed by atoms with van der Waals surface area (Å²) in [6, 6.07) is 3.90. The highest BCUT2D eigenvalue weighted by Gasteiger charge is 2.52. The highest BCUT2D eigenvalue weighted by Crippen LogP contribution is 2.42. The first-order chi connectivity index (χ1) is 10.6. The van der Waals surface area contributed by atoms with E-state index in [0.29, 0.717) is 19.3 Å². The highest BCUT2D eigenvalue weighted by atomic mass is 16.5. The number of carbonyl (C=O) groups is 1. The van der Waals surface area contributed by atoms with Gasteiger partial charge in [-0.1, -0.05) is 6.07 Å². The molecule has 1 N–H and O–H groups in total. The van der Waals surface area contributed by atoms with E-state index >= 15 is 0 Å². The van der Waals surface area contributed by atoms with Crippen LogP contribution in [0.5, 0.6) is 0 Å². The first-order valence-corrected chi connectivity index (χ1v) is 8.06. The lowest BCUT2D eigenvalue weighted by Gasteiger charge is -2.42. The Bertz CT molecular complexity index is 522. The molecule has 3 rings (SSSR count). The lowest BCUT2D eigenvalue weighted by atomic mass is 9.79. The molecule has 1 aliphatic carbocycles. The van der Waals surface area contributed by atoms with Gasteiger partial charge in [-0.3, -0.25) is 9.78 Å². The molecule has 2 aliphatic rings. The summed E-state index contributed by atoms with van der Waals surface area (Å²) in [6.07, 6.45) is 7.52. The van der Waals surface area contributed by atoms with Crippen molar-refractivity contribution in [1.29, 1.82) is 0 Å². The molecule has 0 aromatic carbocycles. The second kappa shape index (κ2) is 6.34. The molecule has 2 fully saturated rings. The Kier molecular flexibility index (Phi) is 4.45. The molecule has 2 heterocycles. The van der Waals surface area contributed by atoms with Crippen molar-refractivity contribution >= 4 is 5.91 Å². The number of likely N-dealkylation sites (tertiary alicyclic amines) is 1. The van der Waals surface area contributed by atoms with Gasteiger partial charge in [-0.25, -0.2) is 0 Å². The minimum atomic E-state index is -0.319. The molecular weight excluding hydrogens is 280 g/mol. The summed E-state index contributed by atoms with van der Waals surface area (Å²) in [6.45, 7) is 0.733. The normalized spacial score (nSPS) is 31.1. The number of fused-ring (bicyclic) bond motifs is 1. The number of hydrogen-bond acceptors (Lipinski definition) is 4. The first-order valence-electron chi connectivity index (χ1n) is 8.06. The highest BCUT2D eigenvalue weighted by molar-refractivity contribution is 5.77. The number of rotatable bonds is 4. The molecular formula is C17H24N2O3. The van der Waals surface area contributed by atoms with Gasteiger partial charge < -0.3 is 14.7 Å². The summed E-state index contributed by atoms with van der Waals surface area (Å²) < 4.78 is 5.78. The zero-order valence-corrected chi connectivity index (χ0v) is 13.1. The van der Waals surface area contributed by atoms with Crippen molar-refractivity contribution in [2.45, 2.75) is 56.3 Å². The summed E-state index contributed by atoms with van der Waals surface area (Å²) >= 11 is 0. The lowest BCUT2D eigenvalue weighted by molar-refractivity contribution is -0.139. The molecule has 0 spiro atoms. The molecule has 5 heteroatoms. The zero-order chi connectivity index (χ0) is 15.6. The molecule has 1 aromatic rings. The summed E-state index contributed by atoms with van der Waals surface area (Å²) in [5, 5.41) is 9.97. The fourth-order valence-electron chi connectivity index (χ4n) is 3.92. The molecule has 1 amide bonds. The number of methoxy groups -OCH3 is 1. The van der Waals surface area contributed by atoms with E-state index in [2.05, 4.69) is 4.98 Å². The number of aliphatic hydroxyl groups excluding tert-OH is 1. The van der Waals surface area contributed by atoms with Crippen LogP contribution in [0.3, 0.4) is 0 Å². The zero-order valence-electron chi connectivity index (χ0n) is 13.1. The molecule has 1 saturated heterocycles. The average Bonchev–Trinajstić information content (AvgIpc) is 2.93. The van der Waals surface area contributed by atoms with Crippen LogP contribution in [0.1, 0.15) is 37.7 Å². The van der Waals surface area contributed by atoms with E-state index in [1.165, 1.54) is 0 Å². The number of pyridine rings is 1. The van der Waals surface area contributed by atoms with Crippen LogP contribution in [0, 0.1) is 0 Å². The Labute approximate surface area is 131 Å². The topological polar surface area (TPSA) is 62.7 Å². The van der Waals surface area contributed by atoms with Gasteiger partial charge in [-0.05, 0) is 43.7 Å². The Balaban J connectivity index is 1.65. The molecule has 120 valence electrons. The van der Waals surface area contributed by atoms with Crippen molar-refractivity contribution in [2.75, 3.05) is 13.7 Å². The van der Waals surface area contributed by atoms with Gasteiger partial charge >= 0.3 is 0 Å². The van der Waals surface area contributed by atoms with Crippen LogP contribution >= 0.6 is 0 Å². The van der Waals surface area contributed by atoms with Gasteiger partial charge in [0.15, 0.2) is 0 Å². The van der Waals surface area contributed by atoms with Crippen LogP contribution in [0.25, 0.3) is 0 Å². The fourth-order valence-corrected chi connectivity index (χ4v) is 3.92. The molecule has 1 aromatic heterocycles. The number of aliphatic hydroxyl groups is 1. The quantitative estimate of drug-likeness (QED) is 0.916. The summed E-state index contributed by atoms with van der Waals surface area (Å²) in [5.74, 6) is 0.155. The van der Waals surface area contributed by atoms with Crippen molar-refractivity contribution in [2.24, 2.45) is 0 Å². The van der Waals surface area contributed by atoms with Gasteiger partial charge in [0.25, 0.3) is 0 Å². The largest absolute Gasteiger partial charge is 0.393 e. The maximum atomic E-state index is 12.6. The summed E-state index contributed by atoms with van der Waals surface area (Å²) in [7, 11) is 1.73. The standard InChI is InChI=1S/C17H24N2O3/c1-22-17-7-6-14(20)11-15(17)19(10-8-17)16(21)5-4-13-3-2-9-18-12-13/h2-3,9,12,14-15,20H,4-8,10-11H2,1H3/t14-,15+,17-/m0/s1. The Morgan fingerprint density at radius 1 is 1.55 bits per heavy atom. The van der Waals surface area contributed by atoms with E-state index < -0.39 is 0 Å². The van der Waals surface area contributed by atoms with Crippen LogP contribution in [-0.2, 0) is 16.0 Å². The second-order valence-corrected chi connectivity index (χ2v) is 6.41. The molecule has 0 bridgehead atoms. The molecule has 22 heavy (non-hydrogen) atoms. The number of hydrogen-bond donors (Lipinski definition) is 1. The maximum Gasteiger partial charge on any atom is 0.223 e. The SMILES string of the molecule is CO[C@]12CC[C@H](O)C[C@H]1N(C(=O)CCc1cccnc1)CC2.